The fourth-order valence-electron chi connectivity index (χ4n) is 1.07. The molecule has 0 heterocycles. The van der Waals surface area contributed by atoms with Crippen molar-refractivity contribution in [2.75, 3.05) is 0 Å². The molecule has 2 atom stereocenters. The number of hydrogen-bond donors (Lipinski definition) is 0. The SMILES string of the molecule is C=CCC(/C=C/C)OC(C)OC(C)=O. The van der Waals surface area contributed by atoms with Crippen LogP contribution >= 0.6 is 0 Å². The first-order chi connectivity index (χ1) is 6.60. The Morgan fingerprint density at radius 2 is 2.21 bits per heavy atom. The highest BCUT2D eigenvalue weighted by atomic mass is 16.7. The summed E-state index contributed by atoms with van der Waals surface area (Å²) in [6.45, 7) is 8.60. The van der Waals surface area contributed by atoms with Crippen molar-refractivity contribution in [2.24, 2.45) is 0 Å². The highest BCUT2D eigenvalue weighted by Gasteiger charge is 2.10. The summed E-state index contributed by atoms with van der Waals surface area (Å²) in [4.78, 5) is 10.6. The summed E-state index contributed by atoms with van der Waals surface area (Å²) in [5.74, 6) is -0.338. The van der Waals surface area contributed by atoms with E-state index in [0.717, 1.165) is 0 Å². The summed E-state index contributed by atoms with van der Waals surface area (Å²) in [5.41, 5.74) is 0. The van der Waals surface area contributed by atoms with Crippen LogP contribution in [0, 0.1) is 0 Å². The van der Waals surface area contributed by atoms with Crippen molar-refractivity contribution in [3.63, 3.8) is 0 Å². The van der Waals surface area contributed by atoms with E-state index in [0.29, 0.717) is 6.42 Å². The minimum Gasteiger partial charge on any atom is -0.436 e. The van der Waals surface area contributed by atoms with Gasteiger partial charge in [0.05, 0.1) is 6.10 Å². The van der Waals surface area contributed by atoms with E-state index in [1.54, 1.807) is 13.0 Å². The summed E-state index contributed by atoms with van der Waals surface area (Å²) in [6, 6.07) is 0. The standard InChI is InChI=1S/C11H18O3/c1-5-7-11(8-6-2)14-10(4)13-9(3)12/h5-6,8,10-11H,1,7H2,2-4H3/b8-6+. The Bertz CT molecular complexity index is 209. The summed E-state index contributed by atoms with van der Waals surface area (Å²) in [5, 5.41) is 0. The summed E-state index contributed by atoms with van der Waals surface area (Å²) in [6.07, 6.45) is 5.68. The lowest BCUT2D eigenvalue weighted by atomic mass is 10.2. The van der Waals surface area contributed by atoms with Crippen LogP contribution in [0.4, 0.5) is 0 Å². The fraction of sp³-hybridized carbons (Fsp3) is 0.545. The highest BCUT2D eigenvalue weighted by Crippen LogP contribution is 2.06. The zero-order chi connectivity index (χ0) is 11.0. The Morgan fingerprint density at radius 3 is 2.64 bits per heavy atom. The van der Waals surface area contributed by atoms with Crippen molar-refractivity contribution in [3.8, 4) is 0 Å². The van der Waals surface area contributed by atoms with Gasteiger partial charge in [0.1, 0.15) is 0 Å². The molecule has 0 bridgehead atoms. The van der Waals surface area contributed by atoms with E-state index in [9.17, 15) is 4.79 Å². The van der Waals surface area contributed by atoms with Gasteiger partial charge in [-0.25, -0.2) is 0 Å². The molecule has 14 heavy (non-hydrogen) atoms. The van der Waals surface area contributed by atoms with Crippen molar-refractivity contribution in [2.45, 2.75) is 39.6 Å². The predicted octanol–water partition coefficient (Wildman–Crippen LogP) is 2.43. The molecular weight excluding hydrogens is 180 g/mol. The van der Waals surface area contributed by atoms with Gasteiger partial charge in [-0.15, -0.1) is 6.58 Å². The number of carbonyl (C=O) groups is 1. The van der Waals surface area contributed by atoms with Gasteiger partial charge >= 0.3 is 5.97 Å². The van der Waals surface area contributed by atoms with Gasteiger partial charge in [-0.05, 0) is 20.3 Å². The predicted molar refractivity (Wildman–Crippen MR) is 55.7 cm³/mol. The molecule has 0 saturated heterocycles. The molecule has 0 radical (unpaired) electrons. The Morgan fingerprint density at radius 1 is 1.57 bits per heavy atom. The Labute approximate surface area is 85.4 Å². The minimum atomic E-state index is -0.520. The van der Waals surface area contributed by atoms with Gasteiger partial charge in [0.25, 0.3) is 0 Å². The third kappa shape index (κ3) is 6.43. The van der Waals surface area contributed by atoms with Gasteiger partial charge in [-0.3, -0.25) is 4.79 Å². The van der Waals surface area contributed by atoms with Crippen molar-refractivity contribution in [1.29, 1.82) is 0 Å². The quantitative estimate of drug-likeness (QED) is 0.373. The molecular formula is C11H18O3. The molecule has 0 aliphatic carbocycles. The summed E-state index contributed by atoms with van der Waals surface area (Å²) >= 11 is 0. The average Bonchev–Trinajstić information content (AvgIpc) is 2.03. The monoisotopic (exact) mass is 198 g/mol. The molecule has 0 amide bonds. The molecule has 0 aromatic carbocycles. The van der Waals surface area contributed by atoms with Crippen LogP contribution in [-0.2, 0) is 14.3 Å². The van der Waals surface area contributed by atoms with Crippen LogP contribution in [0.5, 0.6) is 0 Å². The van der Waals surface area contributed by atoms with Crippen LogP contribution in [0.2, 0.25) is 0 Å². The number of hydrogen-bond acceptors (Lipinski definition) is 3. The lowest BCUT2D eigenvalue weighted by molar-refractivity contribution is -0.177. The van der Waals surface area contributed by atoms with Crippen molar-refractivity contribution < 1.29 is 14.3 Å². The second kappa shape index (κ2) is 7.33. The summed E-state index contributed by atoms with van der Waals surface area (Å²) < 4.78 is 10.3. The molecule has 0 fully saturated rings. The van der Waals surface area contributed by atoms with E-state index in [2.05, 4.69) is 6.58 Å². The van der Waals surface area contributed by atoms with E-state index >= 15 is 0 Å². The van der Waals surface area contributed by atoms with Crippen molar-refractivity contribution >= 4 is 5.97 Å². The first kappa shape index (κ1) is 12.9. The van der Waals surface area contributed by atoms with Gasteiger partial charge < -0.3 is 9.47 Å². The van der Waals surface area contributed by atoms with Gasteiger partial charge in [0.2, 0.25) is 6.29 Å². The van der Waals surface area contributed by atoms with E-state index in [1.165, 1.54) is 6.92 Å². The normalized spacial score (nSPS) is 15.1. The highest BCUT2D eigenvalue weighted by molar-refractivity contribution is 5.65. The third-order valence-electron chi connectivity index (χ3n) is 1.50. The smallest absolute Gasteiger partial charge is 0.304 e. The van der Waals surface area contributed by atoms with Crippen LogP contribution in [0.1, 0.15) is 27.2 Å². The molecule has 2 unspecified atom stereocenters. The zero-order valence-electron chi connectivity index (χ0n) is 9.03. The lowest BCUT2D eigenvalue weighted by Gasteiger charge is -2.18. The maximum absolute atomic E-state index is 10.6. The number of carbonyl (C=O) groups excluding carboxylic acids is 1. The average molecular weight is 198 g/mol. The molecule has 0 saturated carbocycles. The van der Waals surface area contributed by atoms with E-state index < -0.39 is 6.29 Å². The molecule has 0 aromatic heterocycles. The van der Waals surface area contributed by atoms with Crippen molar-refractivity contribution in [1.82, 2.24) is 0 Å². The second-order valence-electron chi connectivity index (χ2n) is 2.90. The van der Waals surface area contributed by atoms with Crippen LogP contribution in [0.15, 0.2) is 24.8 Å². The number of ether oxygens (including phenoxy) is 2. The lowest BCUT2D eigenvalue weighted by Crippen LogP contribution is -2.22. The molecule has 0 spiro atoms. The van der Waals surface area contributed by atoms with E-state index in [-0.39, 0.29) is 12.1 Å². The number of allylic oxidation sites excluding steroid dienone is 1. The van der Waals surface area contributed by atoms with Gasteiger partial charge in [-0.2, -0.15) is 0 Å². The van der Waals surface area contributed by atoms with E-state index in [4.69, 9.17) is 9.47 Å². The van der Waals surface area contributed by atoms with Crippen molar-refractivity contribution in [3.05, 3.63) is 24.8 Å². The third-order valence-corrected chi connectivity index (χ3v) is 1.50. The minimum absolute atomic E-state index is 0.0770. The first-order valence-electron chi connectivity index (χ1n) is 4.66. The maximum Gasteiger partial charge on any atom is 0.304 e. The molecule has 0 aromatic rings. The Balaban J connectivity index is 4.00. The molecule has 80 valence electrons. The molecule has 0 aliphatic heterocycles. The van der Waals surface area contributed by atoms with Crippen LogP contribution < -0.4 is 0 Å². The van der Waals surface area contributed by atoms with Crippen LogP contribution in [-0.4, -0.2) is 18.4 Å². The number of esters is 1. The Kier molecular flexibility index (Phi) is 6.76. The maximum atomic E-state index is 10.6. The topological polar surface area (TPSA) is 35.5 Å². The molecule has 0 N–H and O–H groups in total. The zero-order valence-corrected chi connectivity index (χ0v) is 9.03. The largest absolute Gasteiger partial charge is 0.436 e. The van der Waals surface area contributed by atoms with E-state index in [1.807, 2.05) is 19.1 Å². The molecule has 0 rings (SSSR count). The first-order valence-corrected chi connectivity index (χ1v) is 4.66. The summed E-state index contributed by atoms with van der Waals surface area (Å²) in [7, 11) is 0. The second-order valence-corrected chi connectivity index (χ2v) is 2.90. The fourth-order valence-corrected chi connectivity index (χ4v) is 1.07. The van der Waals surface area contributed by atoms with Gasteiger partial charge in [0.15, 0.2) is 0 Å². The van der Waals surface area contributed by atoms with Crippen LogP contribution in [0.3, 0.4) is 0 Å². The molecule has 3 heteroatoms. The van der Waals surface area contributed by atoms with Gasteiger partial charge in [-0.1, -0.05) is 18.2 Å². The van der Waals surface area contributed by atoms with Crippen LogP contribution in [0.25, 0.3) is 0 Å². The molecule has 3 nitrogen and oxygen atoms in total. The molecule has 0 aliphatic rings. The van der Waals surface area contributed by atoms with Gasteiger partial charge in [0, 0.05) is 6.92 Å². The Hall–Kier alpha value is -1.09. The number of rotatable bonds is 6.